The first-order valence-electron chi connectivity index (χ1n) is 9.66. The van der Waals surface area contributed by atoms with Gasteiger partial charge in [0.15, 0.2) is 0 Å². The Labute approximate surface area is 152 Å². The van der Waals surface area contributed by atoms with Crippen LogP contribution in [-0.2, 0) is 16.0 Å². The molecule has 2 saturated heterocycles. The average Bonchev–Trinajstić information content (AvgIpc) is 3.06. The molecule has 4 nitrogen and oxygen atoms in total. The van der Waals surface area contributed by atoms with Crippen molar-refractivity contribution in [1.29, 1.82) is 0 Å². The molecule has 2 aliphatic heterocycles. The molecule has 1 aromatic carbocycles. The van der Waals surface area contributed by atoms with E-state index in [-0.39, 0.29) is 5.41 Å². The van der Waals surface area contributed by atoms with E-state index in [1.807, 2.05) is 18.2 Å². The molecule has 1 amide bonds. The number of benzene rings is 1. The standard InChI is InChI=1S/C21H32N2O2/c1-4-18-15-23(16-19(18)22-10-12-25-13-11-22)20(24)21(2,3)14-17-8-6-5-7-9-17/h5-9,18-19H,4,10-16H2,1-3H3/t18-,19+/m0/s1. The van der Waals surface area contributed by atoms with Crippen molar-refractivity contribution >= 4 is 5.91 Å². The molecule has 25 heavy (non-hydrogen) atoms. The molecule has 0 aliphatic carbocycles. The highest BCUT2D eigenvalue weighted by atomic mass is 16.5. The van der Waals surface area contributed by atoms with Crippen LogP contribution in [0.5, 0.6) is 0 Å². The van der Waals surface area contributed by atoms with Gasteiger partial charge in [-0.3, -0.25) is 9.69 Å². The maximum Gasteiger partial charge on any atom is 0.228 e. The predicted molar refractivity (Wildman–Crippen MR) is 100 cm³/mol. The van der Waals surface area contributed by atoms with Crippen LogP contribution in [-0.4, -0.2) is 61.1 Å². The number of amides is 1. The van der Waals surface area contributed by atoms with Gasteiger partial charge in [0.25, 0.3) is 0 Å². The van der Waals surface area contributed by atoms with E-state index in [1.165, 1.54) is 5.56 Å². The van der Waals surface area contributed by atoms with Crippen molar-refractivity contribution in [2.75, 3.05) is 39.4 Å². The van der Waals surface area contributed by atoms with Crippen molar-refractivity contribution in [2.24, 2.45) is 11.3 Å². The number of carbonyl (C=O) groups is 1. The zero-order valence-corrected chi connectivity index (χ0v) is 15.9. The number of hydrogen-bond donors (Lipinski definition) is 0. The van der Waals surface area contributed by atoms with Crippen LogP contribution in [0.4, 0.5) is 0 Å². The summed E-state index contributed by atoms with van der Waals surface area (Å²) in [5.41, 5.74) is 0.872. The van der Waals surface area contributed by atoms with E-state index in [2.05, 4.69) is 42.7 Å². The van der Waals surface area contributed by atoms with Gasteiger partial charge in [-0.05, 0) is 17.9 Å². The van der Waals surface area contributed by atoms with Gasteiger partial charge in [-0.2, -0.15) is 0 Å². The zero-order valence-electron chi connectivity index (χ0n) is 15.9. The molecule has 2 aliphatic rings. The Morgan fingerprint density at radius 1 is 1.16 bits per heavy atom. The Balaban J connectivity index is 1.67. The van der Waals surface area contributed by atoms with Crippen molar-refractivity contribution in [2.45, 2.75) is 39.7 Å². The quantitative estimate of drug-likeness (QED) is 0.823. The fourth-order valence-corrected chi connectivity index (χ4v) is 4.35. The molecule has 0 N–H and O–H groups in total. The van der Waals surface area contributed by atoms with Gasteiger partial charge in [0.05, 0.1) is 13.2 Å². The molecule has 0 saturated carbocycles. The maximum absolute atomic E-state index is 13.2. The van der Waals surface area contributed by atoms with Gasteiger partial charge in [-0.15, -0.1) is 0 Å². The fraction of sp³-hybridized carbons (Fsp3) is 0.667. The SMILES string of the molecule is CC[C@H]1CN(C(=O)C(C)(C)Cc2ccccc2)C[C@H]1N1CCOCC1. The first-order chi connectivity index (χ1) is 12.0. The molecule has 0 radical (unpaired) electrons. The van der Waals surface area contributed by atoms with Crippen molar-refractivity contribution in [3.8, 4) is 0 Å². The van der Waals surface area contributed by atoms with E-state index in [0.717, 1.165) is 52.2 Å². The van der Waals surface area contributed by atoms with Gasteiger partial charge >= 0.3 is 0 Å². The second kappa shape index (κ2) is 7.88. The predicted octanol–water partition coefficient (Wildman–Crippen LogP) is 2.82. The van der Waals surface area contributed by atoms with E-state index in [0.29, 0.717) is 17.9 Å². The molecule has 1 aromatic rings. The first-order valence-corrected chi connectivity index (χ1v) is 9.66. The van der Waals surface area contributed by atoms with Crippen molar-refractivity contribution < 1.29 is 9.53 Å². The smallest absolute Gasteiger partial charge is 0.228 e. The molecule has 4 heteroatoms. The summed E-state index contributed by atoms with van der Waals surface area (Å²) in [6, 6.07) is 10.8. The second-order valence-corrected chi connectivity index (χ2v) is 8.14. The molecule has 2 fully saturated rings. The van der Waals surface area contributed by atoms with E-state index in [9.17, 15) is 4.79 Å². The molecule has 2 atom stereocenters. The highest BCUT2D eigenvalue weighted by molar-refractivity contribution is 5.82. The Hall–Kier alpha value is -1.39. The molecule has 0 aromatic heterocycles. The summed E-state index contributed by atoms with van der Waals surface area (Å²) >= 11 is 0. The van der Waals surface area contributed by atoms with Crippen LogP contribution in [0.25, 0.3) is 0 Å². The van der Waals surface area contributed by atoms with Gasteiger partial charge in [-0.1, -0.05) is 57.5 Å². The lowest BCUT2D eigenvalue weighted by Crippen LogP contribution is -2.48. The van der Waals surface area contributed by atoms with Crippen LogP contribution >= 0.6 is 0 Å². The number of rotatable bonds is 5. The lowest BCUT2D eigenvalue weighted by molar-refractivity contribution is -0.139. The van der Waals surface area contributed by atoms with Crippen LogP contribution in [0.15, 0.2) is 30.3 Å². The minimum Gasteiger partial charge on any atom is -0.379 e. The lowest BCUT2D eigenvalue weighted by atomic mass is 9.84. The number of ether oxygens (including phenoxy) is 1. The van der Waals surface area contributed by atoms with Gasteiger partial charge in [0, 0.05) is 37.6 Å². The van der Waals surface area contributed by atoms with Gasteiger partial charge < -0.3 is 9.64 Å². The summed E-state index contributed by atoms with van der Waals surface area (Å²) in [7, 11) is 0. The molecule has 0 unspecified atom stereocenters. The molecule has 0 bridgehead atoms. The van der Waals surface area contributed by atoms with Gasteiger partial charge in [0.2, 0.25) is 5.91 Å². The minimum absolute atomic E-state index is 0.297. The maximum atomic E-state index is 13.2. The number of likely N-dealkylation sites (tertiary alicyclic amines) is 1. The summed E-state index contributed by atoms with van der Waals surface area (Å²) in [6.07, 6.45) is 1.92. The monoisotopic (exact) mass is 344 g/mol. The fourth-order valence-electron chi connectivity index (χ4n) is 4.35. The van der Waals surface area contributed by atoms with Crippen LogP contribution in [0.3, 0.4) is 0 Å². The molecular weight excluding hydrogens is 312 g/mol. The third kappa shape index (κ3) is 4.24. The number of hydrogen-bond acceptors (Lipinski definition) is 3. The van der Waals surface area contributed by atoms with Crippen molar-refractivity contribution in [1.82, 2.24) is 9.80 Å². The molecule has 3 rings (SSSR count). The number of nitrogens with zero attached hydrogens (tertiary/aromatic N) is 2. The van der Waals surface area contributed by atoms with E-state index in [4.69, 9.17) is 4.74 Å². The third-order valence-corrected chi connectivity index (χ3v) is 5.80. The van der Waals surface area contributed by atoms with Gasteiger partial charge in [0.1, 0.15) is 0 Å². The van der Waals surface area contributed by atoms with Crippen molar-refractivity contribution in [3.05, 3.63) is 35.9 Å². The molecular formula is C21H32N2O2. The highest BCUT2D eigenvalue weighted by Gasteiger charge is 2.42. The topological polar surface area (TPSA) is 32.8 Å². The first kappa shape index (κ1) is 18.4. The Bertz CT molecular complexity index is 567. The Kier molecular flexibility index (Phi) is 5.80. The van der Waals surface area contributed by atoms with Gasteiger partial charge in [-0.25, -0.2) is 0 Å². The van der Waals surface area contributed by atoms with Crippen LogP contribution in [0.2, 0.25) is 0 Å². The Morgan fingerprint density at radius 3 is 2.48 bits per heavy atom. The van der Waals surface area contributed by atoms with Crippen LogP contribution in [0, 0.1) is 11.3 Å². The Morgan fingerprint density at radius 2 is 1.84 bits per heavy atom. The summed E-state index contributed by atoms with van der Waals surface area (Å²) in [6.45, 7) is 11.8. The van der Waals surface area contributed by atoms with E-state index in [1.54, 1.807) is 0 Å². The van der Waals surface area contributed by atoms with Crippen molar-refractivity contribution in [3.63, 3.8) is 0 Å². The lowest BCUT2D eigenvalue weighted by Gasteiger charge is -2.35. The summed E-state index contributed by atoms with van der Waals surface area (Å²) in [5, 5.41) is 0. The number of carbonyl (C=O) groups excluding carboxylic acids is 1. The van der Waals surface area contributed by atoms with E-state index >= 15 is 0 Å². The zero-order chi connectivity index (χ0) is 17.9. The highest BCUT2D eigenvalue weighted by Crippen LogP contribution is 2.31. The molecule has 2 heterocycles. The summed E-state index contributed by atoms with van der Waals surface area (Å²) in [4.78, 5) is 17.9. The van der Waals surface area contributed by atoms with Crippen LogP contribution < -0.4 is 0 Å². The molecule has 138 valence electrons. The summed E-state index contributed by atoms with van der Waals surface area (Å²) < 4.78 is 5.50. The summed E-state index contributed by atoms with van der Waals surface area (Å²) in [5.74, 6) is 0.875. The third-order valence-electron chi connectivity index (χ3n) is 5.80. The second-order valence-electron chi connectivity index (χ2n) is 8.14. The van der Waals surface area contributed by atoms with E-state index < -0.39 is 0 Å². The normalized spacial score (nSPS) is 25.3. The van der Waals surface area contributed by atoms with Crippen LogP contribution in [0.1, 0.15) is 32.8 Å². The minimum atomic E-state index is -0.362. The largest absolute Gasteiger partial charge is 0.379 e. The average molecular weight is 344 g/mol. The molecule has 0 spiro atoms. The number of morpholine rings is 1.